The summed E-state index contributed by atoms with van der Waals surface area (Å²) >= 11 is 3.41. The summed E-state index contributed by atoms with van der Waals surface area (Å²) in [5.74, 6) is 1.01. The summed E-state index contributed by atoms with van der Waals surface area (Å²) in [6.07, 6.45) is 8.17. The maximum atomic E-state index is 13.6. The van der Waals surface area contributed by atoms with Crippen LogP contribution in [0.15, 0.2) is 46.4 Å². The zero-order chi connectivity index (χ0) is 21.1. The summed E-state index contributed by atoms with van der Waals surface area (Å²) in [5.41, 5.74) is 4.93. The monoisotopic (exact) mass is 438 g/mol. The van der Waals surface area contributed by atoms with Crippen LogP contribution >= 0.6 is 23.1 Å². The molecule has 0 radical (unpaired) electrons. The van der Waals surface area contributed by atoms with Gasteiger partial charge in [0.1, 0.15) is 4.83 Å². The highest BCUT2D eigenvalue weighted by Gasteiger charge is 2.25. The van der Waals surface area contributed by atoms with Crippen LogP contribution in [0.3, 0.4) is 0 Å². The molecule has 0 aliphatic heterocycles. The molecule has 1 aromatic carbocycles. The Hall–Kier alpha value is -1.85. The van der Waals surface area contributed by atoms with Crippen molar-refractivity contribution in [2.75, 3.05) is 5.75 Å². The molecule has 3 nitrogen and oxygen atoms in total. The smallest absolute Gasteiger partial charge is 0.263 e. The number of rotatable bonds is 9. The molecule has 0 saturated carbocycles. The van der Waals surface area contributed by atoms with E-state index in [0.717, 1.165) is 39.5 Å². The number of thioether (sulfide) groups is 1. The highest BCUT2D eigenvalue weighted by molar-refractivity contribution is 7.99. The van der Waals surface area contributed by atoms with Gasteiger partial charge >= 0.3 is 0 Å². The van der Waals surface area contributed by atoms with Gasteiger partial charge in [-0.2, -0.15) is 0 Å². The Morgan fingerprint density at radius 2 is 2.00 bits per heavy atom. The quantitative estimate of drug-likeness (QED) is 0.158. The molecule has 0 amide bonds. The lowest BCUT2D eigenvalue weighted by Crippen LogP contribution is -2.24. The Morgan fingerprint density at radius 3 is 2.80 bits per heavy atom. The molecular weight excluding hydrogens is 408 g/mol. The van der Waals surface area contributed by atoms with E-state index in [0.29, 0.717) is 6.54 Å². The number of fused-ring (bicyclic) bond motifs is 5. The van der Waals surface area contributed by atoms with E-state index in [9.17, 15) is 4.79 Å². The van der Waals surface area contributed by atoms with Gasteiger partial charge in [-0.1, -0.05) is 80.8 Å². The Kier molecular flexibility index (Phi) is 6.79. The third kappa shape index (κ3) is 4.28. The number of benzene rings is 1. The molecule has 30 heavy (non-hydrogen) atoms. The van der Waals surface area contributed by atoms with E-state index in [4.69, 9.17) is 4.98 Å². The zero-order valence-corrected chi connectivity index (χ0v) is 19.6. The molecule has 0 unspecified atom stereocenters. The Morgan fingerprint density at radius 1 is 1.20 bits per heavy atom. The number of allylic oxidation sites excluding steroid dienone is 1. The number of aryl methyl sites for hydroxylation is 2. The van der Waals surface area contributed by atoms with Crippen LogP contribution in [0.5, 0.6) is 0 Å². The molecule has 0 N–H and O–H groups in total. The predicted octanol–water partition coefficient (Wildman–Crippen LogP) is 6.86. The number of thiophene rings is 1. The van der Waals surface area contributed by atoms with Crippen LogP contribution in [0, 0.1) is 0 Å². The van der Waals surface area contributed by atoms with E-state index in [1.54, 1.807) is 23.1 Å². The molecular formula is C25H30N2OS2. The summed E-state index contributed by atoms with van der Waals surface area (Å²) < 4.78 is 1.86. The first-order valence-electron chi connectivity index (χ1n) is 11.0. The average Bonchev–Trinajstić information content (AvgIpc) is 3.12. The lowest BCUT2D eigenvalue weighted by atomic mass is 9.90. The number of aromatic nitrogens is 2. The van der Waals surface area contributed by atoms with Crippen LogP contribution in [-0.2, 0) is 19.4 Å². The second-order valence-corrected chi connectivity index (χ2v) is 10.3. The molecule has 1 aliphatic rings. The Bertz CT molecular complexity index is 1130. The molecule has 0 spiro atoms. The summed E-state index contributed by atoms with van der Waals surface area (Å²) in [5, 5.41) is 1.68. The highest BCUT2D eigenvalue weighted by atomic mass is 32.2. The van der Waals surface area contributed by atoms with E-state index in [1.807, 2.05) is 11.5 Å². The third-order valence-corrected chi connectivity index (χ3v) is 7.91. The van der Waals surface area contributed by atoms with E-state index in [-0.39, 0.29) is 5.56 Å². The Labute approximate surface area is 187 Å². The standard InChI is InChI=1S/C25H30N2OS2/c1-4-5-6-7-10-15-29-25-26-23-21(24(28)27(25)16-17(2)3)20-14-13-18-11-8-9-12-19(18)22(20)30-23/h8-9,11-12H,2,4-7,10,13-16H2,1,3H3. The van der Waals surface area contributed by atoms with Gasteiger partial charge in [-0.05, 0) is 42.9 Å². The van der Waals surface area contributed by atoms with Crippen LogP contribution in [0.4, 0.5) is 0 Å². The number of unbranched alkanes of at least 4 members (excludes halogenated alkanes) is 4. The van der Waals surface area contributed by atoms with Gasteiger partial charge in [-0.15, -0.1) is 11.3 Å². The summed E-state index contributed by atoms with van der Waals surface area (Å²) in [7, 11) is 0. The van der Waals surface area contributed by atoms with Crippen molar-refractivity contribution < 1.29 is 0 Å². The van der Waals surface area contributed by atoms with Crippen molar-refractivity contribution in [3.05, 3.63) is 57.9 Å². The highest BCUT2D eigenvalue weighted by Crippen LogP contribution is 2.42. The Balaban J connectivity index is 1.72. The van der Waals surface area contributed by atoms with Crippen LogP contribution in [-0.4, -0.2) is 15.3 Å². The van der Waals surface area contributed by atoms with Gasteiger partial charge in [-0.25, -0.2) is 4.98 Å². The van der Waals surface area contributed by atoms with E-state index in [2.05, 4.69) is 37.8 Å². The molecule has 3 aromatic rings. The fourth-order valence-electron chi connectivity index (χ4n) is 4.18. The SMILES string of the molecule is C=C(C)Cn1c(SCCCCCCC)nc2sc3c(c2c1=O)CCc1ccccc1-3. The lowest BCUT2D eigenvalue weighted by Gasteiger charge is -2.16. The molecule has 0 atom stereocenters. The molecule has 2 heterocycles. The molecule has 0 bridgehead atoms. The molecule has 2 aromatic heterocycles. The number of hydrogen-bond donors (Lipinski definition) is 0. The van der Waals surface area contributed by atoms with Crippen molar-refractivity contribution in [3.63, 3.8) is 0 Å². The first-order chi connectivity index (χ1) is 14.6. The summed E-state index contributed by atoms with van der Waals surface area (Å²) in [4.78, 5) is 20.7. The van der Waals surface area contributed by atoms with Crippen molar-refractivity contribution in [1.29, 1.82) is 0 Å². The number of nitrogens with zero attached hydrogens (tertiary/aromatic N) is 2. The molecule has 1 aliphatic carbocycles. The fourth-order valence-corrected chi connectivity index (χ4v) is 6.51. The van der Waals surface area contributed by atoms with Gasteiger partial charge in [0.15, 0.2) is 5.16 Å². The van der Waals surface area contributed by atoms with Crippen LogP contribution < -0.4 is 5.56 Å². The number of hydrogen-bond acceptors (Lipinski definition) is 4. The van der Waals surface area contributed by atoms with E-state index in [1.165, 1.54) is 53.7 Å². The van der Waals surface area contributed by atoms with Gasteiger partial charge in [0, 0.05) is 17.2 Å². The molecule has 5 heteroatoms. The van der Waals surface area contributed by atoms with E-state index < -0.39 is 0 Å². The van der Waals surface area contributed by atoms with E-state index >= 15 is 0 Å². The first kappa shape index (κ1) is 21.4. The van der Waals surface area contributed by atoms with Crippen molar-refractivity contribution >= 4 is 33.3 Å². The van der Waals surface area contributed by atoms with Gasteiger partial charge in [-0.3, -0.25) is 9.36 Å². The molecule has 4 rings (SSSR count). The molecule has 0 fully saturated rings. The predicted molar refractivity (Wildman–Crippen MR) is 131 cm³/mol. The van der Waals surface area contributed by atoms with Gasteiger partial charge in [0.25, 0.3) is 5.56 Å². The largest absolute Gasteiger partial charge is 0.283 e. The zero-order valence-electron chi connectivity index (χ0n) is 18.0. The summed E-state index contributed by atoms with van der Waals surface area (Å²) in [6.45, 7) is 8.82. The van der Waals surface area contributed by atoms with Crippen molar-refractivity contribution in [2.45, 2.75) is 70.5 Å². The second kappa shape index (κ2) is 9.52. The molecule has 0 saturated heterocycles. The lowest BCUT2D eigenvalue weighted by molar-refractivity contribution is 0.645. The topological polar surface area (TPSA) is 34.9 Å². The minimum Gasteiger partial charge on any atom is -0.283 e. The van der Waals surface area contributed by atoms with Crippen LogP contribution in [0.1, 0.15) is 57.1 Å². The second-order valence-electron chi connectivity index (χ2n) is 8.25. The first-order valence-corrected chi connectivity index (χ1v) is 12.8. The van der Waals surface area contributed by atoms with Crippen LogP contribution in [0.2, 0.25) is 0 Å². The maximum absolute atomic E-state index is 13.6. The van der Waals surface area contributed by atoms with Crippen molar-refractivity contribution in [3.8, 4) is 10.4 Å². The van der Waals surface area contributed by atoms with Gasteiger partial charge < -0.3 is 0 Å². The van der Waals surface area contributed by atoms with Gasteiger partial charge in [0.2, 0.25) is 0 Å². The van der Waals surface area contributed by atoms with Crippen molar-refractivity contribution in [2.24, 2.45) is 0 Å². The normalized spacial score (nSPS) is 12.7. The average molecular weight is 439 g/mol. The minimum atomic E-state index is 0.105. The molecule has 158 valence electrons. The third-order valence-electron chi connectivity index (χ3n) is 5.69. The fraction of sp³-hybridized carbons (Fsp3) is 0.440. The minimum absolute atomic E-state index is 0.105. The van der Waals surface area contributed by atoms with Crippen molar-refractivity contribution in [1.82, 2.24) is 9.55 Å². The summed E-state index contributed by atoms with van der Waals surface area (Å²) in [6, 6.07) is 8.58. The maximum Gasteiger partial charge on any atom is 0.263 e. The van der Waals surface area contributed by atoms with Crippen LogP contribution in [0.25, 0.3) is 20.7 Å². The van der Waals surface area contributed by atoms with Gasteiger partial charge in [0.05, 0.1) is 5.39 Å².